The second kappa shape index (κ2) is 4.41. The predicted molar refractivity (Wildman–Crippen MR) is 57.6 cm³/mol. The van der Waals surface area contributed by atoms with Crippen LogP contribution in [0.5, 0.6) is 0 Å². The summed E-state index contributed by atoms with van der Waals surface area (Å²) in [6, 6.07) is 1.85. The van der Waals surface area contributed by atoms with Crippen LogP contribution in [0, 0.1) is 6.92 Å². The normalized spacial score (nSPS) is 16.5. The molecule has 1 aliphatic heterocycles. The van der Waals surface area contributed by atoms with E-state index in [0.29, 0.717) is 11.6 Å². The van der Waals surface area contributed by atoms with E-state index in [1.165, 1.54) is 0 Å². The second-order valence-electron chi connectivity index (χ2n) is 3.40. The maximum atomic E-state index is 5.33. The van der Waals surface area contributed by atoms with E-state index >= 15 is 0 Å². The number of rotatable bonds is 2. The average molecular weight is 209 g/mol. The standard InChI is InChI=1S/C9H15N5O/c1-7-11-8(13-10)6-9(12-7)14-2-4-15-5-3-14/h6H,2-5,10H2,1H3,(H,11,12,13). The van der Waals surface area contributed by atoms with Crippen molar-refractivity contribution >= 4 is 11.6 Å². The Morgan fingerprint density at radius 1 is 1.40 bits per heavy atom. The van der Waals surface area contributed by atoms with Gasteiger partial charge in [0.1, 0.15) is 17.5 Å². The van der Waals surface area contributed by atoms with Crippen molar-refractivity contribution < 1.29 is 4.74 Å². The number of aromatic nitrogens is 2. The zero-order valence-electron chi connectivity index (χ0n) is 8.73. The predicted octanol–water partition coefficient (Wildman–Crippen LogP) is -0.0928. The Labute approximate surface area is 88.4 Å². The minimum absolute atomic E-state index is 0.643. The second-order valence-corrected chi connectivity index (χ2v) is 3.40. The number of morpholine rings is 1. The summed E-state index contributed by atoms with van der Waals surface area (Å²) in [5.74, 6) is 7.59. The molecule has 0 unspecified atom stereocenters. The summed E-state index contributed by atoms with van der Waals surface area (Å²) in [7, 11) is 0. The summed E-state index contributed by atoms with van der Waals surface area (Å²) in [6.45, 7) is 5.06. The van der Waals surface area contributed by atoms with Crippen LogP contribution in [0.1, 0.15) is 5.82 Å². The maximum absolute atomic E-state index is 5.33. The van der Waals surface area contributed by atoms with Crippen LogP contribution >= 0.6 is 0 Å². The van der Waals surface area contributed by atoms with Crippen LogP contribution in [0.4, 0.5) is 11.6 Å². The molecule has 3 N–H and O–H groups in total. The molecule has 1 aromatic rings. The highest BCUT2D eigenvalue weighted by Crippen LogP contribution is 2.16. The lowest BCUT2D eigenvalue weighted by molar-refractivity contribution is 0.122. The number of nitrogens with zero attached hydrogens (tertiary/aromatic N) is 3. The minimum atomic E-state index is 0.643. The van der Waals surface area contributed by atoms with E-state index < -0.39 is 0 Å². The first kappa shape index (κ1) is 10.1. The summed E-state index contributed by atoms with van der Waals surface area (Å²) in [4.78, 5) is 10.7. The van der Waals surface area contributed by atoms with E-state index in [0.717, 1.165) is 32.1 Å². The number of hydrazine groups is 1. The van der Waals surface area contributed by atoms with Crippen LogP contribution in [-0.2, 0) is 4.74 Å². The molecule has 2 rings (SSSR count). The van der Waals surface area contributed by atoms with Gasteiger partial charge in [0.2, 0.25) is 0 Å². The quantitative estimate of drug-likeness (QED) is 0.523. The van der Waals surface area contributed by atoms with Crippen molar-refractivity contribution in [3.05, 3.63) is 11.9 Å². The average Bonchev–Trinajstić information content (AvgIpc) is 2.29. The molecule has 0 spiro atoms. The molecular weight excluding hydrogens is 194 g/mol. The fourth-order valence-corrected chi connectivity index (χ4v) is 1.58. The van der Waals surface area contributed by atoms with Crippen molar-refractivity contribution in [3.63, 3.8) is 0 Å². The van der Waals surface area contributed by atoms with Gasteiger partial charge >= 0.3 is 0 Å². The number of nitrogens with two attached hydrogens (primary N) is 1. The Bertz CT molecular complexity index is 337. The highest BCUT2D eigenvalue weighted by atomic mass is 16.5. The Morgan fingerprint density at radius 3 is 2.80 bits per heavy atom. The van der Waals surface area contributed by atoms with Crippen molar-refractivity contribution in [2.45, 2.75) is 6.92 Å². The fourth-order valence-electron chi connectivity index (χ4n) is 1.58. The van der Waals surface area contributed by atoms with E-state index in [4.69, 9.17) is 10.6 Å². The van der Waals surface area contributed by atoms with Crippen LogP contribution in [0.15, 0.2) is 6.07 Å². The Morgan fingerprint density at radius 2 is 2.13 bits per heavy atom. The van der Waals surface area contributed by atoms with Gasteiger partial charge in [-0.15, -0.1) is 0 Å². The molecule has 1 fully saturated rings. The molecule has 0 atom stereocenters. The summed E-state index contributed by atoms with van der Waals surface area (Å²) in [5, 5.41) is 0. The van der Waals surface area contributed by atoms with Crippen LogP contribution in [0.25, 0.3) is 0 Å². The van der Waals surface area contributed by atoms with Crippen molar-refractivity contribution in [1.82, 2.24) is 9.97 Å². The summed E-state index contributed by atoms with van der Waals surface area (Å²) < 4.78 is 5.28. The Balaban J connectivity index is 2.22. The van der Waals surface area contributed by atoms with Gasteiger partial charge in [-0.05, 0) is 6.92 Å². The van der Waals surface area contributed by atoms with Crippen molar-refractivity contribution in [2.24, 2.45) is 5.84 Å². The molecule has 0 aliphatic carbocycles. The number of nitrogens with one attached hydrogen (secondary N) is 1. The molecule has 0 radical (unpaired) electrons. The fraction of sp³-hybridized carbons (Fsp3) is 0.556. The van der Waals surface area contributed by atoms with Crippen molar-refractivity contribution in [1.29, 1.82) is 0 Å². The largest absolute Gasteiger partial charge is 0.378 e. The molecule has 0 amide bonds. The third kappa shape index (κ3) is 2.34. The van der Waals surface area contributed by atoms with Gasteiger partial charge in [0, 0.05) is 19.2 Å². The summed E-state index contributed by atoms with van der Waals surface area (Å²) >= 11 is 0. The molecule has 0 aromatic carbocycles. The lowest BCUT2D eigenvalue weighted by Crippen LogP contribution is -2.37. The molecular formula is C9H15N5O. The minimum Gasteiger partial charge on any atom is -0.378 e. The van der Waals surface area contributed by atoms with E-state index in [2.05, 4.69) is 20.3 Å². The van der Waals surface area contributed by atoms with E-state index in [1.54, 1.807) is 0 Å². The van der Waals surface area contributed by atoms with Crippen molar-refractivity contribution in [2.75, 3.05) is 36.6 Å². The van der Waals surface area contributed by atoms with Gasteiger partial charge in [-0.2, -0.15) is 0 Å². The van der Waals surface area contributed by atoms with Crippen LogP contribution in [-0.4, -0.2) is 36.3 Å². The third-order valence-corrected chi connectivity index (χ3v) is 2.31. The number of anilines is 2. The molecule has 0 bridgehead atoms. The number of aryl methyl sites for hydroxylation is 1. The summed E-state index contributed by atoms with van der Waals surface area (Å²) in [6.07, 6.45) is 0. The number of nitrogen functional groups attached to an aromatic ring is 1. The first-order chi connectivity index (χ1) is 7.29. The van der Waals surface area contributed by atoms with Crippen molar-refractivity contribution in [3.8, 4) is 0 Å². The van der Waals surface area contributed by atoms with Gasteiger partial charge in [0.05, 0.1) is 13.2 Å². The van der Waals surface area contributed by atoms with Gasteiger partial charge in [0.15, 0.2) is 0 Å². The Kier molecular flexibility index (Phi) is 2.98. The number of hydrogen-bond donors (Lipinski definition) is 2. The molecule has 6 nitrogen and oxygen atoms in total. The first-order valence-corrected chi connectivity index (χ1v) is 4.94. The molecule has 0 saturated carbocycles. The van der Waals surface area contributed by atoms with Crippen LogP contribution in [0.2, 0.25) is 0 Å². The first-order valence-electron chi connectivity index (χ1n) is 4.94. The van der Waals surface area contributed by atoms with Gasteiger partial charge < -0.3 is 15.1 Å². The lowest BCUT2D eigenvalue weighted by atomic mass is 10.4. The third-order valence-electron chi connectivity index (χ3n) is 2.31. The SMILES string of the molecule is Cc1nc(NN)cc(N2CCOCC2)n1. The van der Waals surface area contributed by atoms with Gasteiger partial charge in [-0.3, -0.25) is 0 Å². The lowest BCUT2D eigenvalue weighted by Gasteiger charge is -2.28. The topological polar surface area (TPSA) is 76.3 Å². The van der Waals surface area contributed by atoms with E-state index in [9.17, 15) is 0 Å². The maximum Gasteiger partial charge on any atom is 0.145 e. The highest BCUT2D eigenvalue weighted by molar-refractivity contribution is 5.48. The van der Waals surface area contributed by atoms with Gasteiger partial charge in [-0.1, -0.05) is 0 Å². The summed E-state index contributed by atoms with van der Waals surface area (Å²) in [5.41, 5.74) is 2.54. The number of hydrogen-bond acceptors (Lipinski definition) is 6. The monoisotopic (exact) mass is 209 g/mol. The number of ether oxygens (including phenoxy) is 1. The van der Waals surface area contributed by atoms with Crippen LogP contribution in [0.3, 0.4) is 0 Å². The zero-order chi connectivity index (χ0) is 10.7. The molecule has 82 valence electrons. The molecule has 1 aliphatic rings. The molecule has 2 heterocycles. The van der Waals surface area contributed by atoms with Crippen LogP contribution < -0.4 is 16.2 Å². The van der Waals surface area contributed by atoms with E-state index in [-0.39, 0.29) is 0 Å². The molecule has 6 heteroatoms. The molecule has 1 aromatic heterocycles. The highest BCUT2D eigenvalue weighted by Gasteiger charge is 2.13. The smallest absolute Gasteiger partial charge is 0.145 e. The molecule has 1 saturated heterocycles. The molecule has 15 heavy (non-hydrogen) atoms. The van der Waals surface area contributed by atoms with Gasteiger partial charge in [-0.25, -0.2) is 15.8 Å². The Hall–Kier alpha value is -1.40. The zero-order valence-corrected chi connectivity index (χ0v) is 8.73. The van der Waals surface area contributed by atoms with E-state index in [1.807, 2.05) is 13.0 Å². The van der Waals surface area contributed by atoms with Gasteiger partial charge in [0.25, 0.3) is 0 Å².